The molecule has 3 heterocycles. The number of hydrogen-bond donors (Lipinski definition) is 0. The van der Waals surface area contributed by atoms with Crippen molar-refractivity contribution in [3.05, 3.63) is 40.6 Å². The molecule has 0 bridgehead atoms. The minimum Gasteiger partial charge on any atom is -0.444 e. The molecule has 2 aliphatic rings. The zero-order chi connectivity index (χ0) is 27.2. The van der Waals surface area contributed by atoms with Crippen molar-refractivity contribution in [2.24, 2.45) is 5.41 Å². The summed E-state index contributed by atoms with van der Waals surface area (Å²) in [5, 5.41) is 9.22. The average Bonchev–Trinajstić information content (AvgIpc) is 3.47. The lowest BCUT2D eigenvalue weighted by molar-refractivity contribution is 0.0205. The van der Waals surface area contributed by atoms with Crippen molar-refractivity contribution in [3.63, 3.8) is 0 Å². The van der Waals surface area contributed by atoms with Gasteiger partial charge in [-0.3, -0.25) is 4.68 Å². The van der Waals surface area contributed by atoms with Gasteiger partial charge in [0.15, 0.2) is 5.69 Å². The van der Waals surface area contributed by atoms with Crippen molar-refractivity contribution < 1.29 is 14.1 Å². The summed E-state index contributed by atoms with van der Waals surface area (Å²) < 4.78 is 13.4. The molecule has 1 aromatic carbocycles. The molecule has 0 spiro atoms. The topological polar surface area (TPSA) is 86.3 Å². The third kappa shape index (κ3) is 5.36. The Bertz CT molecular complexity index is 1320. The van der Waals surface area contributed by atoms with Crippen molar-refractivity contribution in [2.75, 3.05) is 13.1 Å². The van der Waals surface area contributed by atoms with Crippen molar-refractivity contribution in [2.45, 2.75) is 98.6 Å². The van der Waals surface area contributed by atoms with Crippen LogP contribution in [0.3, 0.4) is 0 Å². The van der Waals surface area contributed by atoms with Gasteiger partial charge in [0, 0.05) is 36.5 Å². The molecule has 0 unspecified atom stereocenters. The van der Waals surface area contributed by atoms with E-state index in [1.807, 2.05) is 25.7 Å². The molecular formula is C30H41N5O3. The van der Waals surface area contributed by atoms with Crippen molar-refractivity contribution >= 4 is 6.09 Å². The highest BCUT2D eigenvalue weighted by Crippen LogP contribution is 2.39. The lowest BCUT2D eigenvalue weighted by atomic mass is 9.76. The first-order valence-electron chi connectivity index (χ1n) is 14.0. The number of carbonyl (C=O) groups excluding carboxylic acids is 1. The summed E-state index contributed by atoms with van der Waals surface area (Å²) >= 11 is 0. The van der Waals surface area contributed by atoms with Crippen LogP contribution in [0, 0.1) is 12.3 Å². The molecule has 0 radical (unpaired) electrons. The zero-order valence-corrected chi connectivity index (χ0v) is 23.9. The summed E-state index contributed by atoms with van der Waals surface area (Å²) in [6, 6.07) is 6.50. The highest BCUT2D eigenvalue weighted by atomic mass is 16.6. The quantitative estimate of drug-likeness (QED) is 0.388. The third-order valence-corrected chi connectivity index (χ3v) is 7.90. The number of hydrogen-bond acceptors (Lipinski definition) is 6. The number of carbonyl (C=O) groups is 1. The molecule has 3 aromatic rings. The van der Waals surface area contributed by atoms with Gasteiger partial charge in [0.2, 0.25) is 5.82 Å². The maximum Gasteiger partial charge on any atom is 0.410 e. The van der Waals surface area contributed by atoms with E-state index in [1.165, 1.54) is 16.8 Å². The highest BCUT2D eigenvalue weighted by Gasteiger charge is 2.33. The number of likely N-dealkylation sites (tertiary alicyclic amines) is 1. The van der Waals surface area contributed by atoms with Gasteiger partial charge >= 0.3 is 6.09 Å². The molecule has 1 amide bonds. The standard InChI is InChI=1S/C30H41N5O3/c1-8-35-24-18-30(6,7)14-11-23(24)25(32-35)27-31-26(33-38-27)22-10-9-21(17-19(22)2)20-12-15-34(16-13-20)28(36)37-29(3,4)5/h9-10,17,20H,8,11-16,18H2,1-7H3. The Morgan fingerprint density at radius 3 is 2.61 bits per heavy atom. The largest absolute Gasteiger partial charge is 0.444 e. The number of nitrogens with zero attached hydrogens (tertiary/aromatic N) is 5. The van der Waals surface area contributed by atoms with Gasteiger partial charge in [-0.05, 0) is 89.2 Å². The van der Waals surface area contributed by atoms with Crippen LogP contribution >= 0.6 is 0 Å². The van der Waals surface area contributed by atoms with Crippen molar-refractivity contribution in [1.82, 2.24) is 24.8 Å². The summed E-state index contributed by atoms with van der Waals surface area (Å²) in [5.41, 5.74) is 6.58. The first kappa shape index (κ1) is 26.4. The molecule has 2 aromatic heterocycles. The molecular weight excluding hydrogens is 478 g/mol. The molecule has 5 rings (SSSR count). The third-order valence-electron chi connectivity index (χ3n) is 7.90. The second-order valence-corrected chi connectivity index (χ2v) is 12.7. The number of fused-ring (bicyclic) bond motifs is 1. The molecule has 8 heteroatoms. The second kappa shape index (κ2) is 9.86. The lowest BCUT2D eigenvalue weighted by Crippen LogP contribution is -2.41. The summed E-state index contributed by atoms with van der Waals surface area (Å²) in [7, 11) is 0. The smallest absolute Gasteiger partial charge is 0.410 e. The summed E-state index contributed by atoms with van der Waals surface area (Å²) in [5.74, 6) is 1.51. The van der Waals surface area contributed by atoms with Gasteiger partial charge < -0.3 is 14.2 Å². The SMILES string of the molecule is CCn1nc(-c2nc(-c3ccc(C4CCN(C(=O)OC(C)(C)C)CC4)cc3C)no2)c2c1CC(C)(C)CC2. The van der Waals surface area contributed by atoms with Crippen molar-refractivity contribution in [1.29, 1.82) is 0 Å². The fourth-order valence-corrected chi connectivity index (χ4v) is 5.78. The Morgan fingerprint density at radius 2 is 1.95 bits per heavy atom. The fourth-order valence-electron chi connectivity index (χ4n) is 5.78. The first-order valence-corrected chi connectivity index (χ1v) is 14.0. The summed E-state index contributed by atoms with van der Waals surface area (Å²) in [6.45, 7) is 16.8. The number of benzene rings is 1. The Balaban J connectivity index is 1.31. The molecule has 38 heavy (non-hydrogen) atoms. The van der Waals surface area contributed by atoms with Crippen LogP contribution in [0.2, 0.25) is 0 Å². The van der Waals surface area contributed by atoms with E-state index in [-0.39, 0.29) is 11.5 Å². The van der Waals surface area contributed by atoms with Crippen LogP contribution in [0.5, 0.6) is 0 Å². The number of aromatic nitrogens is 4. The highest BCUT2D eigenvalue weighted by molar-refractivity contribution is 5.68. The van der Waals surface area contributed by atoms with Gasteiger partial charge in [0.1, 0.15) is 5.60 Å². The van der Waals surface area contributed by atoms with Gasteiger partial charge in [-0.15, -0.1) is 0 Å². The molecule has 0 saturated carbocycles. The normalized spacial score (nSPS) is 17.9. The van der Waals surface area contributed by atoms with E-state index in [2.05, 4.69) is 55.7 Å². The predicted octanol–water partition coefficient (Wildman–Crippen LogP) is 6.56. The van der Waals surface area contributed by atoms with E-state index < -0.39 is 5.60 Å². The van der Waals surface area contributed by atoms with E-state index in [1.54, 1.807) is 0 Å². The van der Waals surface area contributed by atoms with Gasteiger partial charge in [0.05, 0.1) is 0 Å². The van der Waals surface area contributed by atoms with Gasteiger partial charge in [-0.1, -0.05) is 37.2 Å². The second-order valence-electron chi connectivity index (χ2n) is 12.7. The molecule has 204 valence electrons. The van der Waals surface area contributed by atoms with Crippen LogP contribution in [0.1, 0.15) is 89.1 Å². The molecule has 0 atom stereocenters. The van der Waals surface area contributed by atoms with Crippen LogP contribution in [0.4, 0.5) is 4.79 Å². The number of piperidine rings is 1. The molecule has 1 aliphatic heterocycles. The first-order chi connectivity index (χ1) is 17.9. The molecule has 1 aliphatic carbocycles. The molecule has 1 saturated heterocycles. The molecule has 0 N–H and O–H groups in total. The van der Waals surface area contributed by atoms with E-state index in [0.29, 0.717) is 30.7 Å². The minimum absolute atomic E-state index is 0.218. The number of aryl methyl sites for hydroxylation is 2. The maximum atomic E-state index is 12.4. The Morgan fingerprint density at radius 1 is 1.21 bits per heavy atom. The van der Waals surface area contributed by atoms with E-state index in [0.717, 1.165) is 55.5 Å². The van der Waals surface area contributed by atoms with Gasteiger partial charge in [0.25, 0.3) is 5.89 Å². The van der Waals surface area contributed by atoms with Crippen LogP contribution in [-0.2, 0) is 24.1 Å². The molecule has 8 nitrogen and oxygen atoms in total. The summed E-state index contributed by atoms with van der Waals surface area (Å²) in [6.07, 6.45) is 4.75. The number of ether oxygens (including phenoxy) is 1. The Labute approximate surface area is 225 Å². The fraction of sp³-hybridized carbons (Fsp3) is 0.600. The van der Waals surface area contributed by atoms with E-state index in [9.17, 15) is 4.79 Å². The number of rotatable bonds is 4. The van der Waals surface area contributed by atoms with Crippen LogP contribution in [-0.4, -0.2) is 49.6 Å². The van der Waals surface area contributed by atoms with Crippen molar-refractivity contribution in [3.8, 4) is 23.0 Å². The van der Waals surface area contributed by atoms with Gasteiger partial charge in [-0.25, -0.2) is 4.79 Å². The maximum absolute atomic E-state index is 12.4. The van der Waals surface area contributed by atoms with E-state index in [4.69, 9.17) is 19.3 Å². The van der Waals surface area contributed by atoms with Gasteiger partial charge in [-0.2, -0.15) is 10.1 Å². The van der Waals surface area contributed by atoms with Crippen LogP contribution < -0.4 is 0 Å². The minimum atomic E-state index is -0.470. The monoisotopic (exact) mass is 519 g/mol. The molecule has 1 fully saturated rings. The Kier molecular flexibility index (Phi) is 6.86. The Hall–Kier alpha value is -3.16. The van der Waals surface area contributed by atoms with E-state index >= 15 is 0 Å². The zero-order valence-electron chi connectivity index (χ0n) is 23.9. The summed E-state index contributed by atoms with van der Waals surface area (Å²) in [4.78, 5) is 19.0. The van der Waals surface area contributed by atoms with Crippen LogP contribution in [0.25, 0.3) is 23.0 Å². The lowest BCUT2D eigenvalue weighted by Gasteiger charge is -2.33. The average molecular weight is 520 g/mol. The number of amides is 1. The van der Waals surface area contributed by atoms with Crippen LogP contribution in [0.15, 0.2) is 22.7 Å². The predicted molar refractivity (Wildman–Crippen MR) is 147 cm³/mol.